The van der Waals surface area contributed by atoms with Crippen LogP contribution in [0.2, 0.25) is 0 Å². The molecular formula is C26H25BrF2O2. The highest BCUT2D eigenvalue weighted by atomic mass is 79.9. The number of hydrogen-bond acceptors (Lipinski definition) is 2. The Balaban J connectivity index is 2.39. The van der Waals surface area contributed by atoms with Crippen LogP contribution < -0.4 is 4.74 Å². The summed E-state index contributed by atoms with van der Waals surface area (Å²) in [5.74, 6) is -0.403. The normalized spacial score (nSPS) is 12.0. The van der Waals surface area contributed by atoms with Crippen LogP contribution in [0.15, 0.2) is 77.8 Å². The summed E-state index contributed by atoms with van der Waals surface area (Å²) in [7, 11) is 0. The maximum absolute atomic E-state index is 13.7. The molecule has 2 nitrogen and oxygen atoms in total. The number of rotatable bonds is 6. The Bertz CT molecular complexity index is 1020. The van der Waals surface area contributed by atoms with E-state index >= 15 is 0 Å². The fourth-order valence-corrected chi connectivity index (χ4v) is 4.02. The summed E-state index contributed by atoms with van der Waals surface area (Å²) < 4.78 is 34.0. The van der Waals surface area contributed by atoms with Crippen LogP contribution in [0, 0.1) is 11.6 Å². The summed E-state index contributed by atoms with van der Waals surface area (Å²) in [6.45, 7) is 10.1. The molecule has 0 aliphatic carbocycles. The Labute approximate surface area is 190 Å². The molecule has 0 aliphatic heterocycles. The molecule has 162 valence electrons. The Morgan fingerprint density at radius 1 is 0.903 bits per heavy atom. The van der Waals surface area contributed by atoms with Crippen molar-refractivity contribution in [1.29, 1.82) is 0 Å². The van der Waals surface area contributed by atoms with Crippen LogP contribution >= 0.6 is 15.9 Å². The lowest BCUT2D eigenvalue weighted by molar-refractivity contribution is 0.121. The fraction of sp³-hybridized carbons (Fsp3) is 0.231. The minimum atomic E-state index is -1.72. The van der Waals surface area contributed by atoms with Crippen molar-refractivity contribution in [3.63, 3.8) is 0 Å². The van der Waals surface area contributed by atoms with Crippen molar-refractivity contribution in [3.05, 3.63) is 112 Å². The van der Waals surface area contributed by atoms with Crippen LogP contribution in [0.25, 0.3) is 0 Å². The van der Waals surface area contributed by atoms with E-state index < -0.39 is 17.2 Å². The van der Waals surface area contributed by atoms with Crippen molar-refractivity contribution in [2.24, 2.45) is 0 Å². The first-order valence-electron chi connectivity index (χ1n) is 9.90. The third-order valence-corrected chi connectivity index (χ3v) is 5.76. The summed E-state index contributed by atoms with van der Waals surface area (Å²) in [6.07, 6.45) is 1.61. The van der Waals surface area contributed by atoms with Crippen LogP contribution in [0.4, 0.5) is 8.78 Å². The highest BCUT2D eigenvalue weighted by Gasteiger charge is 2.38. The average molecular weight is 487 g/mol. The van der Waals surface area contributed by atoms with E-state index in [1.165, 1.54) is 48.5 Å². The topological polar surface area (TPSA) is 29.5 Å². The first kappa shape index (κ1) is 23.2. The quantitative estimate of drug-likeness (QED) is 0.304. The number of ether oxygens (including phenoxy) is 1. The molecule has 5 heteroatoms. The van der Waals surface area contributed by atoms with E-state index in [4.69, 9.17) is 4.74 Å². The molecule has 0 bridgehead atoms. The van der Waals surface area contributed by atoms with Gasteiger partial charge in [-0.3, -0.25) is 0 Å². The van der Waals surface area contributed by atoms with Gasteiger partial charge in [-0.1, -0.05) is 57.7 Å². The smallest absolute Gasteiger partial charge is 0.144 e. The third kappa shape index (κ3) is 4.73. The van der Waals surface area contributed by atoms with E-state index in [0.717, 1.165) is 5.56 Å². The molecule has 0 amide bonds. The van der Waals surface area contributed by atoms with E-state index in [1.807, 2.05) is 12.1 Å². The average Bonchev–Trinajstić information content (AvgIpc) is 2.72. The largest absolute Gasteiger partial charge is 0.488 e. The molecule has 0 aromatic heterocycles. The minimum absolute atomic E-state index is 0.221. The van der Waals surface area contributed by atoms with E-state index in [9.17, 15) is 13.9 Å². The van der Waals surface area contributed by atoms with Gasteiger partial charge in [-0.25, -0.2) is 8.78 Å². The van der Waals surface area contributed by atoms with Crippen LogP contribution in [-0.2, 0) is 11.0 Å². The molecule has 0 atom stereocenters. The van der Waals surface area contributed by atoms with Crippen molar-refractivity contribution >= 4 is 15.9 Å². The van der Waals surface area contributed by atoms with E-state index in [2.05, 4.69) is 43.3 Å². The molecule has 0 saturated carbocycles. The van der Waals surface area contributed by atoms with Gasteiger partial charge in [0.2, 0.25) is 0 Å². The maximum Gasteiger partial charge on any atom is 0.144 e. The third-order valence-electron chi connectivity index (χ3n) is 5.17. The second-order valence-corrected chi connectivity index (χ2v) is 9.26. The predicted octanol–water partition coefficient (Wildman–Crippen LogP) is 6.87. The molecule has 0 unspecified atom stereocenters. The number of benzene rings is 3. The van der Waals surface area contributed by atoms with Crippen LogP contribution in [0.5, 0.6) is 5.75 Å². The van der Waals surface area contributed by atoms with Gasteiger partial charge in [0, 0.05) is 5.56 Å². The summed E-state index contributed by atoms with van der Waals surface area (Å²) in [5.41, 5.74) is 0.348. The van der Waals surface area contributed by atoms with Crippen molar-refractivity contribution in [2.75, 3.05) is 6.61 Å². The van der Waals surface area contributed by atoms with Crippen molar-refractivity contribution in [2.45, 2.75) is 31.8 Å². The molecule has 0 fully saturated rings. The lowest BCUT2D eigenvalue weighted by Crippen LogP contribution is -2.30. The molecule has 0 aliphatic rings. The van der Waals surface area contributed by atoms with Crippen LogP contribution in [0.3, 0.4) is 0 Å². The van der Waals surface area contributed by atoms with Gasteiger partial charge in [-0.2, -0.15) is 0 Å². The zero-order valence-electron chi connectivity index (χ0n) is 17.8. The van der Waals surface area contributed by atoms with Gasteiger partial charge in [0.05, 0.1) is 4.47 Å². The van der Waals surface area contributed by atoms with Crippen LogP contribution in [-0.4, -0.2) is 11.7 Å². The van der Waals surface area contributed by atoms with E-state index in [-0.39, 0.29) is 12.0 Å². The lowest BCUT2D eigenvalue weighted by atomic mass is 9.77. The number of hydrogen-bond donors (Lipinski definition) is 1. The highest BCUT2D eigenvalue weighted by Crippen LogP contribution is 2.46. The summed E-state index contributed by atoms with van der Waals surface area (Å²) in [4.78, 5) is 0. The first-order chi connectivity index (χ1) is 14.6. The van der Waals surface area contributed by atoms with Gasteiger partial charge in [0.25, 0.3) is 0 Å². The van der Waals surface area contributed by atoms with Gasteiger partial charge >= 0.3 is 0 Å². The van der Waals surface area contributed by atoms with E-state index in [1.54, 1.807) is 6.08 Å². The standard InChI is InChI=1S/C26H25BrF2O2/c1-5-14-31-24-22(15-19(16-23(24)27)25(2,3)4)26(30,17-6-10-20(28)11-7-17)18-8-12-21(29)13-9-18/h5-13,15-16,30H,1,14H2,2-4H3. The Morgan fingerprint density at radius 3 is 1.81 bits per heavy atom. The molecule has 3 rings (SSSR count). The van der Waals surface area contributed by atoms with Crippen molar-refractivity contribution in [3.8, 4) is 5.75 Å². The Morgan fingerprint density at radius 2 is 1.39 bits per heavy atom. The molecule has 0 spiro atoms. The zero-order chi connectivity index (χ0) is 22.8. The predicted molar refractivity (Wildman–Crippen MR) is 123 cm³/mol. The molecule has 1 N–H and O–H groups in total. The molecule has 0 saturated heterocycles. The SMILES string of the molecule is C=CCOc1c(Br)cc(C(C)(C)C)cc1C(O)(c1ccc(F)cc1)c1ccc(F)cc1. The second-order valence-electron chi connectivity index (χ2n) is 8.41. The summed E-state index contributed by atoms with van der Waals surface area (Å²) in [6, 6.07) is 15.1. The monoisotopic (exact) mass is 486 g/mol. The summed E-state index contributed by atoms with van der Waals surface area (Å²) in [5, 5.41) is 12.2. The lowest BCUT2D eigenvalue weighted by Gasteiger charge is -2.33. The first-order valence-corrected chi connectivity index (χ1v) is 10.7. The van der Waals surface area contributed by atoms with Gasteiger partial charge < -0.3 is 9.84 Å². The number of aliphatic hydroxyl groups is 1. The molecule has 0 heterocycles. The van der Waals surface area contributed by atoms with Gasteiger partial charge in [-0.15, -0.1) is 0 Å². The maximum atomic E-state index is 13.7. The highest BCUT2D eigenvalue weighted by molar-refractivity contribution is 9.10. The van der Waals surface area contributed by atoms with Gasteiger partial charge in [0.1, 0.15) is 29.6 Å². The summed E-state index contributed by atoms with van der Waals surface area (Å²) >= 11 is 3.59. The number of halogens is 3. The molecule has 3 aromatic rings. The zero-order valence-corrected chi connectivity index (χ0v) is 19.3. The minimum Gasteiger partial charge on any atom is -0.488 e. The Hall–Kier alpha value is -2.50. The fourth-order valence-electron chi connectivity index (χ4n) is 3.44. The molecule has 0 radical (unpaired) electrons. The van der Waals surface area contributed by atoms with Gasteiger partial charge in [0.15, 0.2) is 0 Å². The molecule has 3 aromatic carbocycles. The van der Waals surface area contributed by atoms with Crippen molar-refractivity contribution < 1.29 is 18.6 Å². The van der Waals surface area contributed by atoms with Gasteiger partial charge in [-0.05, 0) is 74.4 Å². The van der Waals surface area contributed by atoms with Crippen molar-refractivity contribution in [1.82, 2.24) is 0 Å². The van der Waals surface area contributed by atoms with Crippen LogP contribution in [0.1, 0.15) is 43.0 Å². The van der Waals surface area contributed by atoms with E-state index in [0.29, 0.717) is 26.9 Å². The second kappa shape index (κ2) is 8.93. The molecular weight excluding hydrogens is 462 g/mol. The Kier molecular flexibility index (Phi) is 6.68. The molecule has 31 heavy (non-hydrogen) atoms.